The molecule has 0 aromatic heterocycles. The van der Waals surface area contributed by atoms with Crippen LogP contribution in [0.2, 0.25) is 5.02 Å². The lowest BCUT2D eigenvalue weighted by Crippen LogP contribution is -2.31. The van der Waals surface area contributed by atoms with Crippen LogP contribution in [-0.2, 0) is 11.3 Å². The average molecular weight is 326 g/mol. The molecule has 0 radical (unpaired) electrons. The molecule has 1 unspecified atom stereocenters. The van der Waals surface area contributed by atoms with E-state index in [4.69, 9.17) is 16.3 Å². The van der Waals surface area contributed by atoms with Crippen LogP contribution in [0, 0.1) is 0 Å². The number of nitrogens with one attached hydrogen (secondary N) is 1. The number of hydrogen-bond donors (Lipinski definition) is 2. The van der Waals surface area contributed by atoms with Gasteiger partial charge >= 0.3 is 6.18 Å². The summed E-state index contributed by atoms with van der Waals surface area (Å²) >= 11 is 5.75. The van der Waals surface area contributed by atoms with Crippen molar-refractivity contribution in [3.05, 3.63) is 34.9 Å². The molecule has 1 atom stereocenters. The van der Waals surface area contributed by atoms with Gasteiger partial charge in [0.2, 0.25) is 0 Å². The van der Waals surface area contributed by atoms with Crippen molar-refractivity contribution in [1.29, 1.82) is 0 Å². The van der Waals surface area contributed by atoms with Gasteiger partial charge in [-0.05, 0) is 30.7 Å². The molecule has 21 heavy (non-hydrogen) atoms. The zero-order chi connectivity index (χ0) is 15.7. The Morgan fingerprint density at radius 1 is 1.24 bits per heavy atom. The third kappa shape index (κ3) is 9.68. The van der Waals surface area contributed by atoms with Gasteiger partial charge < -0.3 is 15.2 Å². The Kier molecular flexibility index (Phi) is 8.03. The number of hydrogen-bond acceptors (Lipinski definition) is 3. The van der Waals surface area contributed by atoms with E-state index in [-0.39, 0.29) is 26.1 Å². The molecule has 1 rings (SSSR count). The van der Waals surface area contributed by atoms with Gasteiger partial charge in [0.1, 0.15) is 0 Å². The number of aliphatic hydroxyl groups is 1. The zero-order valence-electron chi connectivity index (χ0n) is 11.5. The lowest BCUT2D eigenvalue weighted by Gasteiger charge is -2.13. The standard InChI is InChI=1S/C14H19ClF3NO2/c15-12-4-2-11(3-5-12)9-21-10-13(20)8-19-7-1-6-14(16,17)18/h2-5,13,19-20H,1,6-10H2. The summed E-state index contributed by atoms with van der Waals surface area (Å²) in [5.74, 6) is 0. The van der Waals surface area contributed by atoms with Crippen molar-refractivity contribution in [2.45, 2.75) is 31.7 Å². The van der Waals surface area contributed by atoms with E-state index in [1.165, 1.54) is 0 Å². The van der Waals surface area contributed by atoms with Crippen molar-refractivity contribution < 1.29 is 23.0 Å². The summed E-state index contributed by atoms with van der Waals surface area (Å²) in [6, 6.07) is 7.14. The van der Waals surface area contributed by atoms with E-state index in [1.54, 1.807) is 12.1 Å². The van der Waals surface area contributed by atoms with Gasteiger partial charge in [-0.2, -0.15) is 13.2 Å². The van der Waals surface area contributed by atoms with Crippen LogP contribution >= 0.6 is 11.6 Å². The van der Waals surface area contributed by atoms with Crippen LogP contribution in [0.15, 0.2) is 24.3 Å². The summed E-state index contributed by atoms with van der Waals surface area (Å²) in [5.41, 5.74) is 0.935. The van der Waals surface area contributed by atoms with E-state index in [2.05, 4.69) is 5.32 Å². The molecule has 2 N–H and O–H groups in total. The fraction of sp³-hybridized carbons (Fsp3) is 0.571. The Morgan fingerprint density at radius 2 is 1.90 bits per heavy atom. The first kappa shape index (κ1) is 18.2. The van der Waals surface area contributed by atoms with Crippen LogP contribution in [-0.4, -0.2) is 37.1 Å². The second kappa shape index (κ2) is 9.25. The Bertz CT molecular complexity index is 398. The van der Waals surface area contributed by atoms with E-state index >= 15 is 0 Å². The van der Waals surface area contributed by atoms with Crippen molar-refractivity contribution in [2.24, 2.45) is 0 Å². The SMILES string of the molecule is OC(CNCCCC(F)(F)F)COCc1ccc(Cl)cc1. The molecule has 3 nitrogen and oxygen atoms in total. The maximum Gasteiger partial charge on any atom is 0.389 e. The van der Waals surface area contributed by atoms with Crippen molar-refractivity contribution in [1.82, 2.24) is 5.32 Å². The Morgan fingerprint density at radius 3 is 2.52 bits per heavy atom. The number of halogens is 4. The van der Waals surface area contributed by atoms with Crippen LogP contribution in [0.5, 0.6) is 0 Å². The van der Waals surface area contributed by atoms with Gasteiger partial charge in [0.05, 0.1) is 19.3 Å². The molecule has 0 aliphatic rings. The number of alkyl halides is 3. The second-order valence-electron chi connectivity index (χ2n) is 4.72. The molecule has 0 spiro atoms. The van der Waals surface area contributed by atoms with Gasteiger partial charge in [-0.1, -0.05) is 23.7 Å². The van der Waals surface area contributed by atoms with Crippen LogP contribution in [0.25, 0.3) is 0 Å². The van der Waals surface area contributed by atoms with E-state index in [0.717, 1.165) is 5.56 Å². The van der Waals surface area contributed by atoms with Gasteiger partial charge in [-0.3, -0.25) is 0 Å². The summed E-state index contributed by atoms with van der Waals surface area (Å²) in [7, 11) is 0. The van der Waals surface area contributed by atoms with Gasteiger partial charge in [-0.15, -0.1) is 0 Å². The van der Waals surface area contributed by atoms with Crippen LogP contribution < -0.4 is 5.32 Å². The number of benzene rings is 1. The molecule has 0 amide bonds. The van der Waals surface area contributed by atoms with E-state index in [0.29, 0.717) is 11.6 Å². The molecule has 0 aliphatic heterocycles. The van der Waals surface area contributed by atoms with Crippen molar-refractivity contribution >= 4 is 11.6 Å². The van der Waals surface area contributed by atoms with Crippen molar-refractivity contribution in [2.75, 3.05) is 19.7 Å². The van der Waals surface area contributed by atoms with E-state index in [1.807, 2.05) is 12.1 Å². The molecule has 0 saturated heterocycles. The van der Waals surface area contributed by atoms with Crippen LogP contribution in [0.1, 0.15) is 18.4 Å². The van der Waals surface area contributed by atoms with Gasteiger partial charge in [0.25, 0.3) is 0 Å². The average Bonchev–Trinajstić information content (AvgIpc) is 2.39. The minimum absolute atomic E-state index is 0.00184. The molecular formula is C14H19ClF3NO2. The van der Waals surface area contributed by atoms with Crippen molar-refractivity contribution in [3.63, 3.8) is 0 Å². The zero-order valence-corrected chi connectivity index (χ0v) is 12.3. The Hall–Kier alpha value is -0.820. The first-order chi connectivity index (χ1) is 9.87. The Labute approximate surface area is 127 Å². The third-order valence-electron chi connectivity index (χ3n) is 2.69. The van der Waals surface area contributed by atoms with Crippen LogP contribution in [0.4, 0.5) is 13.2 Å². The lowest BCUT2D eigenvalue weighted by atomic mass is 10.2. The number of rotatable bonds is 9. The highest BCUT2D eigenvalue weighted by Crippen LogP contribution is 2.20. The van der Waals surface area contributed by atoms with E-state index in [9.17, 15) is 18.3 Å². The number of aliphatic hydroxyl groups excluding tert-OH is 1. The highest BCUT2D eigenvalue weighted by Gasteiger charge is 2.25. The monoisotopic (exact) mass is 325 g/mol. The minimum atomic E-state index is -4.12. The molecule has 0 heterocycles. The highest BCUT2D eigenvalue weighted by atomic mass is 35.5. The first-order valence-corrected chi connectivity index (χ1v) is 7.02. The normalized spacial score (nSPS) is 13.4. The molecule has 0 saturated carbocycles. The van der Waals surface area contributed by atoms with Gasteiger partial charge in [0.15, 0.2) is 0 Å². The molecule has 0 fully saturated rings. The first-order valence-electron chi connectivity index (χ1n) is 6.64. The minimum Gasteiger partial charge on any atom is -0.389 e. The number of ether oxygens (including phenoxy) is 1. The fourth-order valence-corrected chi connectivity index (χ4v) is 1.76. The summed E-state index contributed by atoms with van der Waals surface area (Å²) in [5, 5.41) is 13.0. The molecule has 1 aromatic carbocycles. The summed E-state index contributed by atoms with van der Waals surface area (Å²) in [4.78, 5) is 0. The largest absolute Gasteiger partial charge is 0.389 e. The summed E-state index contributed by atoms with van der Waals surface area (Å²) < 4.78 is 41.0. The summed E-state index contributed by atoms with van der Waals surface area (Å²) in [6.07, 6.45) is -5.68. The molecule has 0 aliphatic carbocycles. The lowest BCUT2D eigenvalue weighted by molar-refractivity contribution is -0.135. The second-order valence-corrected chi connectivity index (χ2v) is 5.15. The van der Waals surface area contributed by atoms with Gasteiger partial charge in [-0.25, -0.2) is 0 Å². The van der Waals surface area contributed by atoms with E-state index < -0.39 is 18.7 Å². The van der Waals surface area contributed by atoms with Crippen LogP contribution in [0.3, 0.4) is 0 Å². The molecule has 120 valence electrons. The summed E-state index contributed by atoms with van der Waals surface area (Å²) in [6.45, 7) is 0.892. The molecule has 7 heteroatoms. The predicted molar refractivity (Wildman–Crippen MR) is 75.3 cm³/mol. The topological polar surface area (TPSA) is 41.5 Å². The fourth-order valence-electron chi connectivity index (χ4n) is 1.63. The predicted octanol–water partition coefficient (Wildman–Crippen LogP) is 3.15. The van der Waals surface area contributed by atoms with Gasteiger partial charge in [0, 0.05) is 18.0 Å². The smallest absolute Gasteiger partial charge is 0.389 e. The maximum absolute atomic E-state index is 11.9. The molecular weight excluding hydrogens is 307 g/mol. The molecule has 1 aromatic rings. The Balaban J connectivity index is 2.03. The third-order valence-corrected chi connectivity index (χ3v) is 2.94. The highest BCUT2D eigenvalue weighted by molar-refractivity contribution is 6.30. The molecule has 0 bridgehead atoms. The maximum atomic E-state index is 11.9. The van der Waals surface area contributed by atoms with Crippen molar-refractivity contribution in [3.8, 4) is 0 Å². The quantitative estimate of drug-likeness (QED) is 0.685.